The number of aromatic nitrogens is 1. The van der Waals surface area contributed by atoms with E-state index in [1.165, 1.54) is 6.20 Å². The van der Waals surface area contributed by atoms with Crippen molar-refractivity contribution in [3.05, 3.63) is 39.6 Å². The van der Waals surface area contributed by atoms with Gasteiger partial charge >= 0.3 is 7.12 Å². The highest BCUT2D eigenvalue weighted by molar-refractivity contribution is 6.52. The zero-order chi connectivity index (χ0) is 15.8. The molecule has 0 N–H and O–H groups in total. The van der Waals surface area contributed by atoms with E-state index < -0.39 is 23.2 Å². The molecule has 2 heterocycles. The van der Waals surface area contributed by atoms with E-state index >= 15 is 0 Å². The molecule has 0 amide bonds. The molecule has 0 bridgehead atoms. The Morgan fingerprint density at radius 3 is 2.33 bits per heavy atom. The van der Waals surface area contributed by atoms with Gasteiger partial charge in [-0.1, -0.05) is 12.1 Å². The minimum atomic E-state index is -0.478. The third kappa shape index (κ3) is 2.98. The molecule has 6 nitrogen and oxygen atoms in total. The Morgan fingerprint density at radius 2 is 1.81 bits per heavy atom. The van der Waals surface area contributed by atoms with Crippen LogP contribution in [0.3, 0.4) is 0 Å². The second kappa shape index (κ2) is 5.24. The van der Waals surface area contributed by atoms with Gasteiger partial charge < -0.3 is 9.31 Å². The summed E-state index contributed by atoms with van der Waals surface area (Å²) in [6.07, 6.45) is 4.59. The normalized spacial score (nSPS) is 20.1. The predicted octanol–water partition coefficient (Wildman–Crippen LogP) is 2.94. The zero-order valence-electron chi connectivity index (χ0n) is 12.9. The van der Waals surface area contributed by atoms with Crippen LogP contribution in [0.1, 0.15) is 38.8 Å². The van der Waals surface area contributed by atoms with Gasteiger partial charge in [0.2, 0.25) is 0 Å². The molecule has 7 heteroatoms. The molecule has 1 aliphatic rings. The second-order valence-electron chi connectivity index (χ2n) is 6.11. The quantitative estimate of drug-likeness (QED) is 0.486. The van der Waals surface area contributed by atoms with Crippen LogP contribution in [0, 0.1) is 17.0 Å². The molecule has 0 radical (unpaired) electrons. The average Bonchev–Trinajstić information content (AvgIpc) is 2.56. The van der Waals surface area contributed by atoms with Gasteiger partial charge in [0.05, 0.1) is 16.1 Å². The first-order valence-corrected chi connectivity index (χ1v) is 6.77. The first-order chi connectivity index (χ1) is 9.64. The van der Waals surface area contributed by atoms with E-state index in [-0.39, 0.29) is 5.69 Å². The van der Waals surface area contributed by atoms with Crippen molar-refractivity contribution < 1.29 is 14.2 Å². The van der Waals surface area contributed by atoms with Gasteiger partial charge in [-0.05, 0) is 34.6 Å². The number of rotatable bonds is 3. The van der Waals surface area contributed by atoms with E-state index in [2.05, 4.69) is 4.98 Å². The van der Waals surface area contributed by atoms with Gasteiger partial charge in [0.25, 0.3) is 5.69 Å². The molecular weight excluding hydrogens is 271 g/mol. The van der Waals surface area contributed by atoms with Gasteiger partial charge in [-0.2, -0.15) is 0 Å². The molecule has 21 heavy (non-hydrogen) atoms. The Morgan fingerprint density at radius 1 is 1.24 bits per heavy atom. The summed E-state index contributed by atoms with van der Waals surface area (Å²) >= 11 is 0. The maximum Gasteiger partial charge on any atom is 0.487 e. The molecule has 0 spiro atoms. The van der Waals surface area contributed by atoms with E-state index in [1.54, 1.807) is 25.2 Å². The number of pyridine rings is 1. The minimum absolute atomic E-state index is 0.00562. The highest BCUT2D eigenvalue weighted by Crippen LogP contribution is 2.37. The van der Waals surface area contributed by atoms with E-state index in [4.69, 9.17) is 9.31 Å². The Balaban J connectivity index is 2.20. The van der Waals surface area contributed by atoms with E-state index in [1.807, 2.05) is 27.7 Å². The van der Waals surface area contributed by atoms with Crippen molar-refractivity contribution >= 4 is 18.9 Å². The van der Waals surface area contributed by atoms with Gasteiger partial charge in [-0.3, -0.25) is 15.1 Å². The molecule has 0 unspecified atom stereocenters. The molecule has 0 aliphatic carbocycles. The molecule has 112 valence electrons. The maximum atomic E-state index is 10.9. The molecular formula is C14H19BN2O4. The van der Waals surface area contributed by atoms with Gasteiger partial charge in [-0.15, -0.1) is 0 Å². The highest BCUT2D eigenvalue weighted by Gasteiger charge is 2.50. The number of hydrogen-bond acceptors (Lipinski definition) is 5. The van der Waals surface area contributed by atoms with Gasteiger partial charge in [0.15, 0.2) is 0 Å². The molecule has 0 saturated carbocycles. The zero-order valence-corrected chi connectivity index (χ0v) is 12.9. The third-order valence-corrected chi connectivity index (χ3v) is 4.13. The van der Waals surface area contributed by atoms with Crippen LogP contribution < -0.4 is 0 Å². The minimum Gasteiger partial charge on any atom is -0.400 e. The summed E-state index contributed by atoms with van der Waals surface area (Å²) in [6, 6.07) is 0. The lowest BCUT2D eigenvalue weighted by molar-refractivity contribution is -0.385. The summed E-state index contributed by atoms with van der Waals surface area (Å²) < 4.78 is 11.7. The van der Waals surface area contributed by atoms with E-state index in [9.17, 15) is 10.1 Å². The summed E-state index contributed by atoms with van der Waals surface area (Å²) in [7, 11) is -0.478. The van der Waals surface area contributed by atoms with Crippen molar-refractivity contribution in [3.63, 3.8) is 0 Å². The van der Waals surface area contributed by atoms with Crippen LogP contribution in [0.4, 0.5) is 5.69 Å². The summed E-state index contributed by atoms with van der Waals surface area (Å²) in [6.45, 7) is 9.59. The molecule has 1 aliphatic heterocycles. The van der Waals surface area contributed by atoms with Crippen molar-refractivity contribution in [2.24, 2.45) is 0 Å². The second-order valence-corrected chi connectivity index (χ2v) is 6.11. The molecule has 1 aromatic rings. The Bertz CT molecular complexity index is 583. The fraction of sp³-hybridized carbons (Fsp3) is 0.500. The first kappa shape index (κ1) is 15.7. The Kier molecular flexibility index (Phi) is 3.90. The fourth-order valence-electron chi connectivity index (χ4n) is 2.03. The number of nitrogens with zero attached hydrogens (tertiary/aromatic N) is 2. The lowest BCUT2D eigenvalue weighted by Crippen LogP contribution is -2.41. The molecule has 1 fully saturated rings. The van der Waals surface area contributed by atoms with Gasteiger partial charge in [0, 0.05) is 17.3 Å². The van der Waals surface area contributed by atoms with Crippen molar-refractivity contribution in [3.8, 4) is 0 Å². The SMILES string of the molecule is Cc1c(/C=C/B2OC(C)(C)C(C)(C)O2)cncc1[N+](=O)[O-]. The molecule has 0 atom stereocenters. The smallest absolute Gasteiger partial charge is 0.400 e. The van der Waals surface area contributed by atoms with Gasteiger partial charge in [0.1, 0.15) is 6.20 Å². The third-order valence-electron chi connectivity index (χ3n) is 4.13. The van der Waals surface area contributed by atoms with Crippen LogP contribution in [0.15, 0.2) is 18.4 Å². The lowest BCUT2D eigenvalue weighted by Gasteiger charge is -2.32. The van der Waals surface area contributed by atoms with Gasteiger partial charge in [-0.25, -0.2) is 0 Å². The molecule has 2 rings (SSSR count). The maximum absolute atomic E-state index is 10.9. The van der Waals surface area contributed by atoms with Crippen LogP contribution >= 0.6 is 0 Å². The average molecular weight is 290 g/mol. The van der Waals surface area contributed by atoms with Crippen LogP contribution in [-0.2, 0) is 9.31 Å². The van der Waals surface area contributed by atoms with E-state index in [0.29, 0.717) is 11.1 Å². The summed E-state index contributed by atoms with van der Waals surface area (Å²) in [4.78, 5) is 14.4. The van der Waals surface area contributed by atoms with Crippen molar-refractivity contribution in [1.29, 1.82) is 0 Å². The number of hydrogen-bond donors (Lipinski definition) is 0. The monoisotopic (exact) mass is 290 g/mol. The Hall–Kier alpha value is -1.73. The van der Waals surface area contributed by atoms with Crippen LogP contribution in [0.5, 0.6) is 0 Å². The van der Waals surface area contributed by atoms with E-state index in [0.717, 1.165) is 0 Å². The molecule has 1 saturated heterocycles. The highest BCUT2D eigenvalue weighted by atomic mass is 16.7. The molecule has 0 aromatic carbocycles. The first-order valence-electron chi connectivity index (χ1n) is 6.77. The summed E-state index contributed by atoms with van der Waals surface area (Å²) in [5.41, 5.74) is 0.448. The number of nitro groups is 1. The fourth-order valence-corrected chi connectivity index (χ4v) is 2.03. The summed E-state index contributed by atoms with van der Waals surface area (Å²) in [5, 5.41) is 10.9. The van der Waals surface area contributed by atoms with Crippen molar-refractivity contribution in [2.75, 3.05) is 0 Å². The van der Waals surface area contributed by atoms with Crippen molar-refractivity contribution in [2.45, 2.75) is 45.8 Å². The largest absolute Gasteiger partial charge is 0.487 e. The lowest BCUT2D eigenvalue weighted by atomic mass is 9.89. The standard InChI is InChI=1S/C14H19BN2O4/c1-10-11(8-16-9-12(10)17(18)19)6-7-15-20-13(2,3)14(4,5)21-15/h6-9H,1-5H3/b7-6+. The van der Waals surface area contributed by atoms with Crippen molar-refractivity contribution in [1.82, 2.24) is 4.98 Å². The summed E-state index contributed by atoms with van der Waals surface area (Å²) in [5.74, 6) is 1.75. The molecule has 1 aromatic heterocycles. The van der Waals surface area contributed by atoms with Crippen LogP contribution in [0.25, 0.3) is 6.08 Å². The van der Waals surface area contributed by atoms with Crippen LogP contribution in [-0.4, -0.2) is 28.2 Å². The predicted molar refractivity (Wildman–Crippen MR) is 80.7 cm³/mol. The van der Waals surface area contributed by atoms with Crippen LogP contribution in [0.2, 0.25) is 0 Å². The Labute approximate surface area is 124 Å². The topological polar surface area (TPSA) is 74.5 Å².